The Morgan fingerprint density at radius 1 is 1.32 bits per heavy atom. The summed E-state index contributed by atoms with van der Waals surface area (Å²) in [6, 6.07) is 6.87. The zero-order chi connectivity index (χ0) is 13.9. The highest BCUT2D eigenvalue weighted by atomic mass is 32.2. The molecule has 19 heavy (non-hydrogen) atoms. The zero-order valence-corrected chi connectivity index (χ0v) is 11.7. The summed E-state index contributed by atoms with van der Waals surface area (Å²) < 4.78 is 25.1. The Morgan fingerprint density at radius 3 is 2.68 bits per heavy atom. The SMILES string of the molecule is Cn1cnnc1CCNc1ccccc1S(C)(=O)=O. The average molecular weight is 280 g/mol. The number of nitrogens with one attached hydrogen (secondary N) is 1. The lowest BCUT2D eigenvalue weighted by Gasteiger charge is -2.10. The van der Waals surface area contributed by atoms with Crippen LogP contribution < -0.4 is 5.32 Å². The van der Waals surface area contributed by atoms with Crippen LogP contribution in [-0.4, -0.2) is 36.0 Å². The van der Waals surface area contributed by atoms with E-state index in [0.29, 0.717) is 23.5 Å². The fourth-order valence-electron chi connectivity index (χ4n) is 1.78. The number of anilines is 1. The number of hydrogen-bond donors (Lipinski definition) is 1. The molecule has 0 amide bonds. The second-order valence-electron chi connectivity index (χ2n) is 4.30. The van der Waals surface area contributed by atoms with E-state index in [1.807, 2.05) is 11.6 Å². The molecule has 0 atom stereocenters. The summed E-state index contributed by atoms with van der Waals surface area (Å²) in [4.78, 5) is 0.313. The maximum atomic E-state index is 11.6. The molecule has 2 aromatic rings. The van der Waals surface area contributed by atoms with Crippen molar-refractivity contribution in [2.45, 2.75) is 11.3 Å². The summed E-state index contributed by atoms with van der Waals surface area (Å²) in [7, 11) is -1.35. The Balaban J connectivity index is 2.06. The van der Waals surface area contributed by atoms with Crippen LogP contribution in [0.15, 0.2) is 35.5 Å². The molecule has 2 rings (SSSR count). The number of rotatable bonds is 5. The molecule has 0 saturated carbocycles. The van der Waals surface area contributed by atoms with Crippen LogP contribution in [0.1, 0.15) is 5.82 Å². The highest BCUT2D eigenvalue weighted by Crippen LogP contribution is 2.20. The van der Waals surface area contributed by atoms with E-state index < -0.39 is 9.84 Å². The molecule has 0 unspecified atom stereocenters. The topological polar surface area (TPSA) is 76.9 Å². The lowest BCUT2D eigenvalue weighted by Crippen LogP contribution is -2.11. The third-order valence-electron chi connectivity index (χ3n) is 2.76. The number of benzene rings is 1. The van der Waals surface area contributed by atoms with E-state index in [1.54, 1.807) is 30.6 Å². The van der Waals surface area contributed by atoms with Crippen molar-refractivity contribution in [2.24, 2.45) is 7.05 Å². The normalized spacial score (nSPS) is 11.5. The van der Waals surface area contributed by atoms with Crippen molar-refractivity contribution in [3.63, 3.8) is 0 Å². The van der Waals surface area contributed by atoms with Gasteiger partial charge in [0.25, 0.3) is 0 Å². The average Bonchev–Trinajstić information content (AvgIpc) is 2.75. The van der Waals surface area contributed by atoms with Crippen molar-refractivity contribution in [2.75, 3.05) is 18.1 Å². The molecule has 1 heterocycles. The van der Waals surface area contributed by atoms with Crippen LogP contribution in [0.2, 0.25) is 0 Å². The van der Waals surface area contributed by atoms with Gasteiger partial charge in [-0.25, -0.2) is 8.42 Å². The first-order valence-corrected chi connectivity index (χ1v) is 7.73. The molecule has 0 spiro atoms. The molecule has 0 fully saturated rings. The van der Waals surface area contributed by atoms with Crippen molar-refractivity contribution < 1.29 is 8.42 Å². The van der Waals surface area contributed by atoms with Crippen molar-refractivity contribution in [1.82, 2.24) is 14.8 Å². The van der Waals surface area contributed by atoms with Gasteiger partial charge in [-0.15, -0.1) is 10.2 Å². The number of para-hydroxylation sites is 1. The summed E-state index contributed by atoms with van der Waals surface area (Å²) in [6.07, 6.45) is 3.52. The largest absolute Gasteiger partial charge is 0.384 e. The fourth-order valence-corrected chi connectivity index (χ4v) is 2.64. The molecule has 7 heteroatoms. The number of nitrogens with zero attached hydrogens (tertiary/aromatic N) is 3. The molecule has 0 radical (unpaired) electrons. The number of aromatic nitrogens is 3. The lowest BCUT2D eigenvalue weighted by atomic mass is 10.3. The molecule has 0 aliphatic carbocycles. The molecular formula is C12H16N4O2S. The van der Waals surface area contributed by atoms with Crippen LogP contribution in [0.25, 0.3) is 0 Å². The quantitative estimate of drug-likeness (QED) is 0.879. The van der Waals surface area contributed by atoms with Gasteiger partial charge in [0.15, 0.2) is 9.84 Å². The minimum Gasteiger partial charge on any atom is -0.384 e. The molecule has 0 bridgehead atoms. The third kappa shape index (κ3) is 3.31. The van der Waals surface area contributed by atoms with E-state index in [1.165, 1.54) is 6.26 Å². The first-order valence-electron chi connectivity index (χ1n) is 5.84. The monoisotopic (exact) mass is 280 g/mol. The van der Waals surface area contributed by atoms with Gasteiger partial charge in [-0.3, -0.25) is 0 Å². The van der Waals surface area contributed by atoms with Crippen molar-refractivity contribution in [3.8, 4) is 0 Å². The van der Waals surface area contributed by atoms with E-state index in [9.17, 15) is 8.42 Å². The number of aryl methyl sites for hydroxylation is 1. The van der Waals surface area contributed by atoms with Crippen LogP contribution in [0.5, 0.6) is 0 Å². The molecule has 0 saturated heterocycles. The standard InChI is InChI=1S/C12H16N4O2S/c1-16-9-14-15-12(16)7-8-13-10-5-3-4-6-11(10)19(2,17)18/h3-6,9,13H,7-8H2,1-2H3. The fraction of sp³-hybridized carbons (Fsp3) is 0.333. The highest BCUT2D eigenvalue weighted by Gasteiger charge is 2.12. The van der Waals surface area contributed by atoms with Crippen molar-refractivity contribution >= 4 is 15.5 Å². The Kier molecular flexibility index (Phi) is 3.84. The minimum absolute atomic E-state index is 0.313. The third-order valence-corrected chi connectivity index (χ3v) is 3.91. The second kappa shape index (κ2) is 5.40. The summed E-state index contributed by atoms with van der Waals surface area (Å²) in [5.41, 5.74) is 0.618. The molecule has 0 aliphatic heterocycles. The van der Waals surface area contributed by atoms with E-state index >= 15 is 0 Å². The van der Waals surface area contributed by atoms with Gasteiger partial charge in [-0.05, 0) is 12.1 Å². The van der Waals surface area contributed by atoms with Crippen molar-refractivity contribution in [3.05, 3.63) is 36.4 Å². The summed E-state index contributed by atoms with van der Waals surface area (Å²) in [5.74, 6) is 0.851. The molecule has 102 valence electrons. The van der Waals surface area contributed by atoms with Crippen molar-refractivity contribution in [1.29, 1.82) is 0 Å². The van der Waals surface area contributed by atoms with Gasteiger partial charge in [0.1, 0.15) is 12.2 Å². The molecular weight excluding hydrogens is 264 g/mol. The predicted octanol–water partition coefficient (Wildman–Crippen LogP) is 0.873. The van der Waals surface area contributed by atoms with E-state index in [-0.39, 0.29) is 0 Å². The van der Waals surface area contributed by atoms with Crippen LogP contribution in [0.4, 0.5) is 5.69 Å². The smallest absolute Gasteiger partial charge is 0.177 e. The summed E-state index contributed by atoms with van der Waals surface area (Å²) in [6.45, 7) is 0.596. The maximum Gasteiger partial charge on any atom is 0.177 e. The number of sulfone groups is 1. The molecule has 1 N–H and O–H groups in total. The predicted molar refractivity (Wildman–Crippen MR) is 72.7 cm³/mol. The van der Waals surface area contributed by atoms with Crippen LogP contribution in [0.3, 0.4) is 0 Å². The lowest BCUT2D eigenvalue weighted by molar-refractivity contribution is 0.602. The van der Waals surface area contributed by atoms with E-state index in [4.69, 9.17) is 0 Å². The molecule has 0 aliphatic rings. The summed E-state index contributed by atoms with van der Waals surface area (Å²) >= 11 is 0. The Labute approximate surface area is 112 Å². The summed E-state index contributed by atoms with van der Waals surface area (Å²) in [5, 5.41) is 10.9. The molecule has 1 aromatic heterocycles. The second-order valence-corrected chi connectivity index (χ2v) is 6.29. The van der Waals surface area contributed by atoms with Gasteiger partial charge in [0.05, 0.1) is 10.6 Å². The van der Waals surface area contributed by atoms with E-state index in [0.717, 1.165) is 5.82 Å². The molecule has 6 nitrogen and oxygen atoms in total. The highest BCUT2D eigenvalue weighted by molar-refractivity contribution is 7.90. The first-order chi connectivity index (χ1) is 8.98. The van der Waals surface area contributed by atoms with E-state index in [2.05, 4.69) is 15.5 Å². The van der Waals surface area contributed by atoms with Gasteiger partial charge in [0.2, 0.25) is 0 Å². The Bertz CT molecular complexity index is 664. The zero-order valence-electron chi connectivity index (χ0n) is 10.9. The van der Waals surface area contributed by atoms with Gasteiger partial charge in [0, 0.05) is 26.3 Å². The van der Waals surface area contributed by atoms with Gasteiger partial charge >= 0.3 is 0 Å². The minimum atomic E-state index is -3.22. The van der Waals surface area contributed by atoms with Crippen LogP contribution in [0, 0.1) is 0 Å². The maximum absolute atomic E-state index is 11.6. The van der Waals surface area contributed by atoms with Gasteiger partial charge in [-0.2, -0.15) is 0 Å². The molecule has 1 aromatic carbocycles. The Hall–Kier alpha value is -1.89. The van der Waals surface area contributed by atoms with Gasteiger partial charge < -0.3 is 9.88 Å². The Morgan fingerprint density at radius 2 is 2.05 bits per heavy atom. The van der Waals surface area contributed by atoms with Crippen LogP contribution >= 0.6 is 0 Å². The van der Waals surface area contributed by atoms with Crippen LogP contribution in [-0.2, 0) is 23.3 Å². The first kappa shape index (κ1) is 13.5. The number of hydrogen-bond acceptors (Lipinski definition) is 5. The van der Waals surface area contributed by atoms with Gasteiger partial charge in [-0.1, -0.05) is 12.1 Å².